The van der Waals surface area contributed by atoms with Crippen LogP contribution in [0.2, 0.25) is 0 Å². The zero-order valence-electron chi connectivity index (χ0n) is 7.80. The predicted molar refractivity (Wildman–Crippen MR) is 51.4 cm³/mol. The van der Waals surface area contributed by atoms with Gasteiger partial charge in [-0.2, -0.15) is 0 Å². The van der Waals surface area contributed by atoms with E-state index in [0.717, 1.165) is 5.56 Å². The number of anilines is 1. The maximum Gasteiger partial charge on any atom is 0.226 e. The number of fused-ring (bicyclic) bond motifs is 1. The lowest BCUT2D eigenvalue weighted by Crippen LogP contribution is -2.29. The second-order valence-corrected chi connectivity index (χ2v) is 3.33. The molecule has 1 unspecified atom stereocenters. The standard InChI is InChI=1S/C10H11FN2O/c1-12-8-5-10(14)13-9-4-6(11)2-3-7(8)9/h2-4,8,12H,5H2,1H3,(H,13,14). The molecular formula is C10H11FN2O. The molecule has 1 heterocycles. The Hall–Kier alpha value is -1.42. The number of carbonyl (C=O) groups excluding carboxylic acids is 1. The molecule has 0 spiro atoms. The van der Waals surface area contributed by atoms with Crippen LogP contribution in [0.3, 0.4) is 0 Å². The highest BCUT2D eigenvalue weighted by molar-refractivity contribution is 5.94. The van der Waals surface area contributed by atoms with Gasteiger partial charge >= 0.3 is 0 Å². The fourth-order valence-electron chi connectivity index (χ4n) is 1.69. The number of rotatable bonds is 1. The van der Waals surface area contributed by atoms with E-state index in [4.69, 9.17) is 0 Å². The first kappa shape index (κ1) is 9.15. The zero-order chi connectivity index (χ0) is 10.1. The van der Waals surface area contributed by atoms with E-state index in [9.17, 15) is 9.18 Å². The topological polar surface area (TPSA) is 41.1 Å². The van der Waals surface area contributed by atoms with Gasteiger partial charge in [0.1, 0.15) is 5.82 Å². The molecule has 0 fully saturated rings. The van der Waals surface area contributed by atoms with Gasteiger partial charge in [0.15, 0.2) is 0 Å². The van der Waals surface area contributed by atoms with Gasteiger partial charge in [-0.15, -0.1) is 0 Å². The van der Waals surface area contributed by atoms with E-state index >= 15 is 0 Å². The van der Waals surface area contributed by atoms with E-state index in [2.05, 4.69) is 10.6 Å². The van der Waals surface area contributed by atoms with Gasteiger partial charge in [-0.25, -0.2) is 4.39 Å². The summed E-state index contributed by atoms with van der Waals surface area (Å²) in [5.74, 6) is -0.414. The molecule has 2 rings (SSSR count). The average Bonchev–Trinajstić information content (AvgIpc) is 2.15. The van der Waals surface area contributed by atoms with Gasteiger partial charge in [-0.05, 0) is 24.7 Å². The maximum atomic E-state index is 12.9. The molecule has 0 aliphatic carbocycles. The van der Waals surface area contributed by atoms with Crippen molar-refractivity contribution in [1.29, 1.82) is 0 Å². The number of halogens is 1. The fraction of sp³-hybridized carbons (Fsp3) is 0.300. The Morgan fingerprint density at radius 3 is 3.07 bits per heavy atom. The summed E-state index contributed by atoms with van der Waals surface area (Å²) < 4.78 is 12.9. The maximum absolute atomic E-state index is 12.9. The van der Waals surface area contributed by atoms with Crippen molar-refractivity contribution in [3.05, 3.63) is 29.6 Å². The molecule has 1 aromatic rings. The summed E-state index contributed by atoms with van der Waals surface area (Å²) in [5, 5.41) is 5.67. The molecule has 14 heavy (non-hydrogen) atoms. The first-order valence-electron chi connectivity index (χ1n) is 4.47. The Morgan fingerprint density at radius 1 is 1.57 bits per heavy atom. The van der Waals surface area contributed by atoms with Crippen LogP contribution < -0.4 is 10.6 Å². The quantitative estimate of drug-likeness (QED) is 0.710. The minimum atomic E-state index is -0.333. The van der Waals surface area contributed by atoms with Gasteiger partial charge in [0.2, 0.25) is 5.91 Å². The van der Waals surface area contributed by atoms with Crippen molar-refractivity contribution in [2.24, 2.45) is 0 Å². The summed E-state index contributed by atoms with van der Waals surface area (Å²) in [6.07, 6.45) is 0.398. The van der Waals surface area contributed by atoms with Crippen molar-refractivity contribution >= 4 is 11.6 Å². The van der Waals surface area contributed by atoms with Crippen LogP contribution in [-0.4, -0.2) is 13.0 Å². The SMILES string of the molecule is CNC1CC(=O)Nc2cc(F)ccc21. The largest absolute Gasteiger partial charge is 0.326 e. The molecule has 4 heteroatoms. The van der Waals surface area contributed by atoms with Gasteiger partial charge in [0.05, 0.1) is 0 Å². The van der Waals surface area contributed by atoms with Crippen LogP contribution in [0.15, 0.2) is 18.2 Å². The Morgan fingerprint density at radius 2 is 2.36 bits per heavy atom. The minimum absolute atomic E-state index is 0.0145. The van der Waals surface area contributed by atoms with E-state index in [0.29, 0.717) is 12.1 Å². The summed E-state index contributed by atoms with van der Waals surface area (Å²) in [6, 6.07) is 4.43. The number of benzene rings is 1. The molecule has 1 aromatic carbocycles. The van der Waals surface area contributed by atoms with Gasteiger partial charge in [-0.1, -0.05) is 6.07 Å². The highest BCUT2D eigenvalue weighted by Gasteiger charge is 2.23. The third-order valence-electron chi connectivity index (χ3n) is 2.40. The van der Waals surface area contributed by atoms with Crippen molar-refractivity contribution in [1.82, 2.24) is 5.32 Å². The van der Waals surface area contributed by atoms with Crippen LogP contribution in [-0.2, 0) is 4.79 Å². The zero-order valence-corrected chi connectivity index (χ0v) is 7.80. The van der Waals surface area contributed by atoms with Crippen LogP contribution >= 0.6 is 0 Å². The monoisotopic (exact) mass is 194 g/mol. The fourth-order valence-corrected chi connectivity index (χ4v) is 1.69. The van der Waals surface area contributed by atoms with Crippen molar-refractivity contribution < 1.29 is 9.18 Å². The van der Waals surface area contributed by atoms with Crippen LogP contribution in [0.25, 0.3) is 0 Å². The third kappa shape index (κ3) is 1.48. The molecular weight excluding hydrogens is 183 g/mol. The number of amides is 1. The Balaban J connectivity index is 2.45. The van der Waals surface area contributed by atoms with Gasteiger partial charge < -0.3 is 10.6 Å². The van der Waals surface area contributed by atoms with E-state index in [1.54, 1.807) is 13.1 Å². The number of nitrogens with one attached hydrogen (secondary N) is 2. The summed E-state index contributed by atoms with van der Waals surface area (Å²) in [4.78, 5) is 11.2. The highest BCUT2D eigenvalue weighted by atomic mass is 19.1. The Labute approximate surface area is 81.3 Å². The van der Waals surface area contributed by atoms with Crippen LogP contribution in [0, 0.1) is 5.82 Å². The van der Waals surface area contributed by atoms with Crippen LogP contribution in [0.1, 0.15) is 18.0 Å². The summed E-state index contributed by atoms with van der Waals surface area (Å²) in [6.45, 7) is 0. The molecule has 1 amide bonds. The predicted octanol–water partition coefficient (Wildman–Crippen LogP) is 1.43. The summed E-state index contributed by atoms with van der Waals surface area (Å²) in [5.41, 5.74) is 1.51. The van der Waals surface area contributed by atoms with E-state index in [1.165, 1.54) is 12.1 Å². The number of hydrogen-bond donors (Lipinski definition) is 2. The minimum Gasteiger partial charge on any atom is -0.326 e. The molecule has 1 aliphatic rings. The molecule has 1 atom stereocenters. The molecule has 0 saturated heterocycles. The van der Waals surface area contributed by atoms with Crippen LogP contribution in [0.5, 0.6) is 0 Å². The lowest BCUT2D eigenvalue weighted by molar-refractivity contribution is -0.117. The van der Waals surface area contributed by atoms with E-state index < -0.39 is 0 Å². The van der Waals surface area contributed by atoms with Gasteiger partial charge in [0.25, 0.3) is 0 Å². The lowest BCUT2D eigenvalue weighted by Gasteiger charge is -2.24. The molecule has 74 valence electrons. The second-order valence-electron chi connectivity index (χ2n) is 3.33. The van der Waals surface area contributed by atoms with Crippen molar-refractivity contribution in [3.8, 4) is 0 Å². The van der Waals surface area contributed by atoms with Crippen molar-refractivity contribution in [2.75, 3.05) is 12.4 Å². The molecule has 0 bridgehead atoms. The Kier molecular flexibility index (Phi) is 2.21. The summed E-state index contributed by atoms with van der Waals surface area (Å²) in [7, 11) is 1.79. The van der Waals surface area contributed by atoms with Crippen molar-refractivity contribution in [3.63, 3.8) is 0 Å². The van der Waals surface area contributed by atoms with Gasteiger partial charge in [-0.3, -0.25) is 4.79 Å². The first-order chi connectivity index (χ1) is 6.70. The van der Waals surface area contributed by atoms with Crippen LogP contribution in [0.4, 0.5) is 10.1 Å². The number of carbonyl (C=O) groups is 1. The van der Waals surface area contributed by atoms with Gasteiger partial charge in [0, 0.05) is 18.2 Å². The molecule has 0 aromatic heterocycles. The summed E-state index contributed by atoms with van der Waals surface area (Å²) >= 11 is 0. The van der Waals surface area contributed by atoms with E-state index in [-0.39, 0.29) is 17.8 Å². The second kappa shape index (κ2) is 3.38. The smallest absolute Gasteiger partial charge is 0.226 e. The molecule has 0 saturated carbocycles. The molecule has 2 N–H and O–H groups in total. The van der Waals surface area contributed by atoms with Crippen molar-refractivity contribution in [2.45, 2.75) is 12.5 Å². The molecule has 0 radical (unpaired) electrons. The third-order valence-corrected chi connectivity index (χ3v) is 2.40. The molecule has 1 aliphatic heterocycles. The van der Waals surface area contributed by atoms with E-state index in [1.807, 2.05) is 0 Å². The first-order valence-corrected chi connectivity index (χ1v) is 4.47. The lowest BCUT2D eigenvalue weighted by atomic mass is 9.97. The Bertz CT molecular complexity index is 378. The molecule has 3 nitrogen and oxygen atoms in total. The average molecular weight is 194 g/mol. The highest BCUT2D eigenvalue weighted by Crippen LogP contribution is 2.30. The number of hydrogen-bond acceptors (Lipinski definition) is 2. The normalized spacial score (nSPS) is 20.1.